The SMILES string of the molecule is CN(C)c1ccc(/C=N\NC(=O)C(=O)Nc2ccc([N+](=O)[O-])cc2)cc1. The van der Waals surface area contributed by atoms with Gasteiger partial charge in [0.05, 0.1) is 11.1 Å². The maximum absolute atomic E-state index is 11.8. The molecule has 2 rings (SSSR count). The average molecular weight is 355 g/mol. The first-order valence-electron chi connectivity index (χ1n) is 7.53. The van der Waals surface area contributed by atoms with Crippen molar-refractivity contribution < 1.29 is 14.5 Å². The molecular weight excluding hydrogens is 338 g/mol. The zero-order valence-electron chi connectivity index (χ0n) is 14.2. The Balaban J connectivity index is 1.88. The van der Waals surface area contributed by atoms with Gasteiger partial charge in [0.1, 0.15) is 0 Å². The summed E-state index contributed by atoms with van der Waals surface area (Å²) in [5.74, 6) is -1.89. The summed E-state index contributed by atoms with van der Waals surface area (Å²) < 4.78 is 0. The molecule has 26 heavy (non-hydrogen) atoms. The molecule has 0 saturated carbocycles. The second-order valence-electron chi connectivity index (χ2n) is 5.44. The van der Waals surface area contributed by atoms with Crippen LogP contribution in [0.15, 0.2) is 53.6 Å². The standard InChI is InChI=1S/C17H17N5O4/c1-21(2)14-7-3-12(4-8-14)11-18-20-17(24)16(23)19-13-5-9-15(10-6-13)22(25)26/h3-11H,1-2H3,(H,19,23)(H,20,24)/b18-11-. The van der Waals surface area contributed by atoms with Gasteiger partial charge in [0.15, 0.2) is 0 Å². The van der Waals surface area contributed by atoms with Gasteiger partial charge in [-0.2, -0.15) is 5.10 Å². The van der Waals surface area contributed by atoms with Gasteiger partial charge in [0.2, 0.25) is 0 Å². The molecule has 134 valence electrons. The van der Waals surface area contributed by atoms with Crippen LogP contribution in [0, 0.1) is 10.1 Å². The van der Waals surface area contributed by atoms with E-state index in [1.807, 2.05) is 43.3 Å². The molecule has 0 aliphatic rings. The highest BCUT2D eigenvalue weighted by molar-refractivity contribution is 6.39. The number of anilines is 2. The van der Waals surface area contributed by atoms with Crippen LogP contribution in [-0.4, -0.2) is 37.0 Å². The van der Waals surface area contributed by atoms with Crippen LogP contribution in [0.4, 0.5) is 17.1 Å². The predicted octanol–water partition coefficient (Wildman–Crippen LogP) is 1.75. The molecule has 0 unspecified atom stereocenters. The molecule has 0 atom stereocenters. The maximum Gasteiger partial charge on any atom is 0.329 e. The third-order valence-electron chi connectivity index (χ3n) is 3.33. The molecule has 2 N–H and O–H groups in total. The van der Waals surface area contributed by atoms with Gasteiger partial charge in [-0.05, 0) is 29.8 Å². The van der Waals surface area contributed by atoms with Gasteiger partial charge in [0, 0.05) is 37.6 Å². The van der Waals surface area contributed by atoms with Crippen LogP contribution in [0.5, 0.6) is 0 Å². The van der Waals surface area contributed by atoms with Gasteiger partial charge in [-0.25, -0.2) is 5.43 Å². The first kappa shape index (κ1) is 18.6. The number of hydrazone groups is 1. The first-order chi connectivity index (χ1) is 12.4. The molecule has 0 aliphatic heterocycles. The number of hydrogen-bond acceptors (Lipinski definition) is 6. The second-order valence-corrected chi connectivity index (χ2v) is 5.44. The summed E-state index contributed by atoms with van der Waals surface area (Å²) in [5, 5.41) is 16.6. The first-order valence-corrected chi connectivity index (χ1v) is 7.53. The molecule has 9 heteroatoms. The molecule has 9 nitrogen and oxygen atoms in total. The summed E-state index contributed by atoms with van der Waals surface area (Å²) in [6.07, 6.45) is 1.41. The Labute approximate surface area is 149 Å². The Morgan fingerprint density at radius 2 is 1.65 bits per heavy atom. The summed E-state index contributed by atoms with van der Waals surface area (Å²) >= 11 is 0. The molecule has 0 radical (unpaired) electrons. The van der Waals surface area contributed by atoms with Crippen LogP contribution in [0.2, 0.25) is 0 Å². The summed E-state index contributed by atoms with van der Waals surface area (Å²) in [6.45, 7) is 0. The van der Waals surface area contributed by atoms with E-state index in [1.165, 1.54) is 30.5 Å². The minimum absolute atomic E-state index is 0.114. The zero-order valence-corrected chi connectivity index (χ0v) is 14.2. The van der Waals surface area contributed by atoms with E-state index < -0.39 is 16.7 Å². The number of nitro benzene ring substituents is 1. The number of carbonyl (C=O) groups excluding carboxylic acids is 2. The number of rotatable bonds is 5. The third-order valence-corrected chi connectivity index (χ3v) is 3.33. The zero-order chi connectivity index (χ0) is 19.1. The largest absolute Gasteiger partial charge is 0.378 e. The number of nitrogens with zero attached hydrogens (tertiary/aromatic N) is 3. The number of nitrogens with one attached hydrogen (secondary N) is 2. The molecule has 2 aromatic carbocycles. The normalized spacial score (nSPS) is 10.4. The highest BCUT2D eigenvalue weighted by Gasteiger charge is 2.13. The molecule has 0 aliphatic carbocycles. The lowest BCUT2D eigenvalue weighted by molar-refractivity contribution is -0.384. The number of amides is 2. The number of benzene rings is 2. The monoisotopic (exact) mass is 355 g/mol. The van der Waals surface area contributed by atoms with E-state index in [9.17, 15) is 19.7 Å². The van der Waals surface area contributed by atoms with Gasteiger partial charge < -0.3 is 10.2 Å². The molecular formula is C17H17N5O4. The van der Waals surface area contributed by atoms with Crippen molar-refractivity contribution in [1.82, 2.24) is 5.43 Å². The van der Waals surface area contributed by atoms with E-state index in [1.54, 1.807) is 0 Å². The molecule has 0 aromatic heterocycles. The van der Waals surface area contributed by atoms with Crippen molar-refractivity contribution in [3.8, 4) is 0 Å². The molecule has 2 amide bonds. The van der Waals surface area contributed by atoms with Gasteiger partial charge in [0.25, 0.3) is 5.69 Å². The van der Waals surface area contributed by atoms with E-state index in [0.29, 0.717) is 0 Å². The molecule has 0 spiro atoms. The van der Waals surface area contributed by atoms with Crippen molar-refractivity contribution in [3.63, 3.8) is 0 Å². The number of hydrogen-bond donors (Lipinski definition) is 2. The molecule has 2 aromatic rings. The quantitative estimate of drug-likeness (QED) is 0.367. The fourth-order valence-electron chi connectivity index (χ4n) is 1.93. The second kappa shape index (κ2) is 8.38. The van der Waals surface area contributed by atoms with E-state index in [2.05, 4.69) is 15.8 Å². The topological polar surface area (TPSA) is 117 Å². The Hall–Kier alpha value is -3.75. The van der Waals surface area contributed by atoms with E-state index >= 15 is 0 Å². The average Bonchev–Trinajstić information content (AvgIpc) is 2.62. The molecule has 0 saturated heterocycles. The smallest absolute Gasteiger partial charge is 0.329 e. The Kier molecular flexibility index (Phi) is 5.99. The Bertz CT molecular complexity index is 829. The Morgan fingerprint density at radius 1 is 1.04 bits per heavy atom. The highest BCUT2D eigenvalue weighted by atomic mass is 16.6. The van der Waals surface area contributed by atoms with Gasteiger partial charge in [-0.3, -0.25) is 19.7 Å². The van der Waals surface area contributed by atoms with Crippen molar-refractivity contribution >= 4 is 35.1 Å². The number of nitro groups is 1. The fourth-order valence-corrected chi connectivity index (χ4v) is 1.93. The van der Waals surface area contributed by atoms with Crippen LogP contribution in [0.3, 0.4) is 0 Å². The van der Waals surface area contributed by atoms with Crippen molar-refractivity contribution in [2.24, 2.45) is 5.10 Å². The Morgan fingerprint density at radius 3 is 2.19 bits per heavy atom. The number of non-ortho nitro benzene ring substituents is 1. The van der Waals surface area contributed by atoms with Crippen LogP contribution in [-0.2, 0) is 9.59 Å². The maximum atomic E-state index is 11.8. The van der Waals surface area contributed by atoms with Crippen molar-refractivity contribution in [2.45, 2.75) is 0 Å². The van der Waals surface area contributed by atoms with Crippen molar-refractivity contribution in [2.75, 3.05) is 24.3 Å². The summed E-state index contributed by atoms with van der Waals surface area (Å²) in [6, 6.07) is 12.5. The van der Waals surface area contributed by atoms with Crippen LogP contribution >= 0.6 is 0 Å². The van der Waals surface area contributed by atoms with Crippen LogP contribution < -0.4 is 15.6 Å². The summed E-state index contributed by atoms with van der Waals surface area (Å²) in [5.41, 5.74) is 4.05. The molecule has 0 bridgehead atoms. The highest BCUT2D eigenvalue weighted by Crippen LogP contribution is 2.15. The molecule has 0 fully saturated rings. The van der Waals surface area contributed by atoms with Gasteiger partial charge >= 0.3 is 11.8 Å². The van der Waals surface area contributed by atoms with Crippen molar-refractivity contribution in [1.29, 1.82) is 0 Å². The summed E-state index contributed by atoms with van der Waals surface area (Å²) in [4.78, 5) is 35.4. The fraction of sp³-hybridized carbons (Fsp3) is 0.118. The number of carbonyl (C=O) groups is 2. The minimum atomic E-state index is -0.954. The lowest BCUT2D eigenvalue weighted by Gasteiger charge is -2.11. The van der Waals surface area contributed by atoms with Gasteiger partial charge in [-0.15, -0.1) is 0 Å². The van der Waals surface area contributed by atoms with Crippen LogP contribution in [0.25, 0.3) is 0 Å². The summed E-state index contributed by atoms with van der Waals surface area (Å²) in [7, 11) is 3.85. The van der Waals surface area contributed by atoms with E-state index in [-0.39, 0.29) is 11.4 Å². The minimum Gasteiger partial charge on any atom is -0.378 e. The predicted molar refractivity (Wildman–Crippen MR) is 98.2 cm³/mol. The van der Waals surface area contributed by atoms with E-state index in [0.717, 1.165) is 11.3 Å². The van der Waals surface area contributed by atoms with Gasteiger partial charge in [-0.1, -0.05) is 12.1 Å². The lowest BCUT2D eigenvalue weighted by atomic mass is 10.2. The van der Waals surface area contributed by atoms with E-state index in [4.69, 9.17) is 0 Å². The van der Waals surface area contributed by atoms with Crippen molar-refractivity contribution in [3.05, 3.63) is 64.2 Å². The third kappa shape index (κ3) is 5.13. The molecule has 0 heterocycles. The lowest BCUT2D eigenvalue weighted by Crippen LogP contribution is -2.32. The van der Waals surface area contributed by atoms with Crippen LogP contribution in [0.1, 0.15) is 5.56 Å².